The molecule has 1 aliphatic heterocycles. The maximum absolute atomic E-state index is 11.5. The summed E-state index contributed by atoms with van der Waals surface area (Å²) in [6.07, 6.45) is 2.84. The van der Waals surface area contributed by atoms with Crippen LogP contribution in [0, 0.1) is 5.92 Å². The highest BCUT2D eigenvalue weighted by Gasteiger charge is 2.25. The van der Waals surface area contributed by atoms with E-state index in [-0.39, 0.29) is 5.78 Å². The molecule has 17 heavy (non-hydrogen) atoms. The lowest BCUT2D eigenvalue weighted by Crippen LogP contribution is -2.24. The first-order valence-corrected chi connectivity index (χ1v) is 5.92. The summed E-state index contributed by atoms with van der Waals surface area (Å²) in [5.41, 5.74) is 0.713. The van der Waals surface area contributed by atoms with Gasteiger partial charge in [-0.3, -0.25) is 4.79 Å². The largest absolute Gasteiger partial charge is 0.384 e. The zero-order valence-electron chi connectivity index (χ0n) is 10.3. The number of carbonyl (C=O) groups is 1. The molecule has 4 heteroatoms. The Bertz CT molecular complexity index is 406. The Morgan fingerprint density at radius 1 is 1.65 bits per heavy atom. The van der Waals surface area contributed by atoms with Crippen molar-refractivity contribution in [2.24, 2.45) is 5.92 Å². The number of anilines is 1. The molecule has 0 aromatic carbocycles. The number of ketones is 1. The molecular formula is C13H18N2O2. The predicted octanol–water partition coefficient (Wildman–Crippen LogP) is 1.76. The van der Waals surface area contributed by atoms with Crippen LogP contribution in [0.3, 0.4) is 0 Å². The molecule has 1 aliphatic rings. The molecule has 1 unspecified atom stereocenters. The molecule has 0 saturated carbocycles. The van der Waals surface area contributed by atoms with Crippen LogP contribution >= 0.6 is 0 Å². The number of Topliss-reactive ketones (excluding diaryl/α,β-unsaturated/α-hetero) is 1. The second-order valence-corrected chi connectivity index (χ2v) is 4.49. The van der Waals surface area contributed by atoms with Gasteiger partial charge in [-0.15, -0.1) is 0 Å². The van der Waals surface area contributed by atoms with Gasteiger partial charge in [-0.05, 0) is 25.5 Å². The average Bonchev–Trinajstić information content (AvgIpc) is 2.78. The topological polar surface area (TPSA) is 42.4 Å². The molecule has 1 aromatic rings. The summed E-state index contributed by atoms with van der Waals surface area (Å²) in [5, 5.41) is 0. The Morgan fingerprint density at radius 3 is 3.18 bits per heavy atom. The summed E-state index contributed by atoms with van der Waals surface area (Å²) in [5.74, 6) is 1.43. The maximum Gasteiger partial charge on any atom is 0.163 e. The first kappa shape index (κ1) is 12.0. The first-order chi connectivity index (χ1) is 8.22. The fraction of sp³-hybridized carbons (Fsp3) is 0.538. The summed E-state index contributed by atoms with van der Waals surface area (Å²) in [7, 11) is 1.73. The van der Waals surface area contributed by atoms with Crippen LogP contribution in [0.25, 0.3) is 0 Å². The molecule has 1 atom stereocenters. The van der Waals surface area contributed by atoms with Gasteiger partial charge in [-0.25, -0.2) is 4.98 Å². The van der Waals surface area contributed by atoms with E-state index in [1.807, 2.05) is 12.1 Å². The Hall–Kier alpha value is -1.42. The number of hydrogen-bond acceptors (Lipinski definition) is 4. The fourth-order valence-electron chi connectivity index (χ4n) is 2.32. The summed E-state index contributed by atoms with van der Waals surface area (Å²) in [4.78, 5) is 18.1. The van der Waals surface area contributed by atoms with Crippen molar-refractivity contribution >= 4 is 11.6 Å². The van der Waals surface area contributed by atoms with E-state index in [2.05, 4.69) is 9.88 Å². The highest BCUT2D eigenvalue weighted by molar-refractivity contribution is 5.98. The quantitative estimate of drug-likeness (QED) is 0.744. The van der Waals surface area contributed by atoms with Gasteiger partial charge in [-0.1, -0.05) is 0 Å². The second kappa shape index (κ2) is 5.27. The zero-order valence-corrected chi connectivity index (χ0v) is 10.3. The molecule has 4 nitrogen and oxygen atoms in total. The molecule has 2 heterocycles. The lowest BCUT2D eigenvalue weighted by Gasteiger charge is -2.19. The molecule has 1 saturated heterocycles. The average molecular weight is 234 g/mol. The van der Waals surface area contributed by atoms with Gasteiger partial charge in [-0.2, -0.15) is 0 Å². The van der Waals surface area contributed by atoms with Gasteiger partial charge < -0.3 is 9.64 Å². The second-order valence-electron chi connectivity index (χ2n) is 4.49. The van der Waals surface area contributed by atoms with Gasteiger partial charge >= 0.3 is 0 Å². The molecule has 92 valence electrons. The Balaban J connectivity index is 2.16. The number of ether oxygens (including phenoxy) is 1. The van der Waals surface area contributed by atoms with Crippen molar-refractivity contribution in [3.63, 3.8) is 0 Å². The number of hydrogen-bond donors (Lipinski definition) is 0. The number of methoxy groups -OCH3 is 1. The van der Waals surface area contributed by atoms with Crippen LogP contribution in [-0.2, 0) is 4.74 Å². The number of rotatable bonds is 4. The molecule has 1 fully saturated rings. The van der Waals surface area contributed by atoms with E-state index >= 15 is 0 Å². The predicted molar refractivity (Wildman–Crippen MR) is 66.4 cm³/mol. The standard InChI is InChI=1S/C13H18N2O2/c1-10(16)12-4-3-6-14-13(12)15-7-5-11(8-15)9-17-2/h3-4,6,11H,5,7-9H2,1-2H3. The van der Waals surface area contributed by atoms with Crippen LogP contribution in [0.5, 0.6) is 0 Å². The lowest BCUT2D eigenvalue weighted by molar-refractivity contribution is 0.101. The van der Waals surface area contributed by atoms with Gasteiger partial charge in [0.05, 0.1) is 12.2 Å². The Labute approximate surface area is 102 Å². The first-order valence-electron chi connectivity index (χ1n) is 5.92. The van der Waals surface area contributed by atoms with E-state index in [0.29, 0.717) is 11.5 Å². The van der Waals surface area contributed by atoms with Gasteiger partial charge in [0.1, 0.15) is 5.82 Å². The third-order valence-electron chi connectivity index (χ3n) is 3.15. The molecule has 1 aromatic heterocycles. The van der Waals surface area contributed by atoms with Crippen LogP contribution in [0.1, 0.15) is 23.7 Å². The van der Waals surface area contributed by atoms with Gasteiger partial charge in [0.25, 0.3) is 0 Å². The van der Waals surface area contributed by atoms with E-state index in [9.17, 15) is 4.79 Å². The third-order valence-corrected chi connectivity index (χ3v) is 3.15. The van der Waals surface area contributed by atoms with E-state index < -0.39 is 0 Å². The van der Waals surface area contributed by atoms with Crippen molar-refractivity contribution in [1.29, 1.82) is 0 Å². The van der Waals surface area contributed by atoms with Crippen molar-refractivity contribution in [1.82, 2.24) is 4.98 Å². The molecule has 0 spiro atoms. The summed E-state index contributed by atoms with van der Waals surface area (Å²) in [6, 6.07) is 3.65. The normalized spacial score (nSPS) is 19.6. The van der Waals surface area contributed by atoms with Crippen molar-refractivity contribution < 1.29 is 9.53 Å². The van der Waals surface area contributed by atoms with E-state index in [1.54, 1.807) is 20.2 Å². The summed E-state index contributed by atoms with van der Waals surface area (Å²) < 4.78 is 5.17. The number of aromatic nitrogens is 1. The number of nitrogens with zero attached hydrogens (tertiary/aromatic N) is 2. The summed E-state index contributed by atoms with van der Waals surface area (Å²) in [6.45, 7) is 4.23. The molecule has 2 rings (SSSR count). The summed E-state index contributed by atoms with van der Waals surface area (Å²) >= 11 is 0. The molecule has 0 bridgehead atoms. The molecule has 0 radical (unpaired) electrons. The molecule has 0 amide bonds. The SMILES string of the molecule is COCC1CCN(c2ncccc2C(C)=O)C1. The van der Waals surface area contributed by atoms with Crippen molar-refractivity contribution in [3.05, 3.63) is 23.9 Å². The fourth-order valence-corrected chi connectivity index (χ4v) is 2.32. The Kier molecular flexibility index (Phi) is 3.74. The van der Waals surface area contributed by atoms with Crippen LogP contribution in [0.2, 0.25) is 0 Å². The van der Waals surface area contributed by atoms with E-state index in [4.69, 9.17) is 4.74 Å². The van der Waals surface area contributed by atoms with E-state index in [1.165, 1.54) is 0 Å². The van der Waals surface area contributed by atoms with Gasteiger partial charge in [0.15, 0.2) is 5.78 Å². The third kappa shape index (κ3) is 2.64. The van der Waals surface area contributed by atoms with Crippen molar-refractivity contribution in [2.45, 2.75) is 13.3 Å². The number of pyridine rings is 1. The van der Waals surface area contributed by atoms with Gasteiger partial charge in [0.2, 0.25) is 0 Å². The van der Waals surface area contributed by atoms with Gasteiger partial charge in [0, 0.05) is 32.3 Å². The van der Waals surface area contributed by atoms with Crippen LogP contribution in [0.15, 0.2) is 18.3 Å². The van der Waals surface area contributed by atoms with Crippen LogP contribution in [-0.4, -0.2) is 37.6 Å². The number of carbonyl (C=O) groups excluding carboxylic acids is 1. The van der Waals surface area contributed by atoms with Crippen molar-refractivity contribution in [2.75, 3.05) is 31.7 Å². The van der Waals surface area contributed by atoms with Crippen LogP contribution in [0.4, 0.5) is 5.82 Å². The maximum atomic E-state index is 11.5. The highest BCUT2D eigenvalue weighted by Crippen LogP contribution is 2.25. The molecule has 0 aliphatic carbocycles. The highest BCUT2D eigenvalue weighted by atomic mass is 16.5. The van der Waals surface area contributed by atoms with Crippen LogP contribution < -0.4 is 4.90 Å². The van der Waals surface area contributed by atoms with E-state index in [0.717, 1.165) is 31.9 Å². The minimum atomic E-state index is 0.0725. The Morgan fingerprint density at radius 2 is 2.47 bits per heavy atom. The minimum Gasteiger partial charge on any atom is -0.384 e. The molecular weight excluding hydrogens is 216 g/mol. The minimum absolute atomic E-state index is 0.0725. The lowest BCUT2D eigenvalue weighted by atomic mass is 10.1. The zero-order chi connectivity index (χ0) is 12.3. The smallest absolute Gasteiger partial charge is 0.163 e. The monoisotopic (exact) mass is 234 g/mol. The molecule has 0 N–H and O–H groups in total. The van der Waals surface area contributed by atoms with Crippen molar-refractivity contribution in [3.8, 4) is 0 Å².